The van der Waals surface area contributed by atoms with Crippen molar-refractivity contribution >= 4 is 5.97 Å². The summed E-state index contributed by atoms with van der Waals surface area (Å²) in [4.78, 5) is 12.5. The molecule has 1 N–H and O–H groups in total. The SMILES string of the molecule is CCNC(COC1CCCCCC1)(C(=O)OCC)C1CC1. The molecule has 2 fully saturated rings. The highest BCUT2D eigenvalue weighted by Crippen LogP contribution is 2.41. The molecule has 122 valence electrons. The van der Waals surface area contributed by atoms with Crippen LogP contribution in [0.15, 0.2) is 0 Å². The molecule has 2 aliphatic rings. The molecule has 4 heteroatoms. The second-order valence-corrected chi connectivity index (χ2v) is 6.42. The van der Waals surface area contributed by atoms with Gasteiger partial charge < -0.3 is 9.47 Å². The molecule has 0 bridgehead atoms. The summed E-state index contributed by atoms with van der Waals surface area (Å²) in [5, 5.41) is 3.40. The van der Waals surface area contributed by atoms with Gasteiger partial charge >= 0.3 is 5.97 Å². The Morgan fingerprint density at radius 1 is 1.10 bits per heavy atom. The van der Waals surface area contributed by atoms with Gasteiger partial charge in [-0.15, -0.1) is 0 Å². The monoisotopic (exact) mass is 297 g/mol. The van der Waals surface area contributed by atoms with Gasteiger partial charge in [-0.3, -0.25) is 5.32 Å². The zero-order valence-corrected chi connectivity index (χ0v) is 13.7. The van der Waals surface area contributed by atoms with Crippen LogP contribution in [0.2, 0.25) is 0 Å². The van der Waals surface area contributed by atoms with E-state index in [2.05, 4.69) is 5.32 Å². The average molecular weight is 297 g/mol. The van der Waals surface area contributed by atoms with Gasteiger partial charge in [-0.05, 0) is 45.1 Å². The minimum absolute atomic E-state index is 0.122. The lowest BCUT2D eigenvalue weighted by Crippen LogP contribution is -2.58. The summed E-state index contributed by atoms with van der Waals surface area (Å²) < 4.78 is 11.5. The van der Waals surface area contributed by atoms with Crippen molar-refractivity contribution in [3.63, 3.8) is 0 Å². The summed E-state index contributed by atoms with van der Waals surface area (Å²) in [5.74, 6) is 0.255. The molecule has 0 spiro atoms. The second kappa shape index (κ2) is 8.14. The minimum atomic E-state index is -0.614. The molecule has 0 heterocycles. The molecule has 0 amide bonds. The largest absolute Gasteiger partial charge is 0.465 e. The topological polar surface area (TPSA) is 47.6 Å². The van der Waals surface area contributed by atoms with Crippen LogP contribution in [0.5, 0.6) is 0 Å². The predicted octanol–water partition coefficient (Wildman–Crippen LogP) is 3.05. The molecule has 2 rings (SSSR count). The number of carbonyl (C=O) groups is 1. The molecule has 2 saturated carbocycles. The van der Waals surface area contributed by atoms with Crippen LogP contribution < -0.4 is 5.32 Å². The van der Waals surface area contributed by atoms with Crippen LogP contribution in [0.4, 0.5) is 0 Å². The van der Waals surface area contributed by atoms with E-state index in [0.29, 0.717) is 25.2 Å². The van der Waals surface area contributed by atoms with Gasteiger partial charge in [0.2, 0.25) is 0 Å². The first kappa shape index (κ1) is 16.8. The van der Waals surface area contributed by atoms with E-state index in [0.717, 1.165) is 32.2 Å². The molecular formula is C17H31NO3. The van der Waals surface area contributed by atoms with Crippen molar-refractivity contribution < 1.29 is 14.3 Å². The maximum absolute atomic E-state index is 12.5. The lowest BCUT2D eigenvalue weighted by atomic mass is 9.93. The third kappa shape index (κ3) is 4.43. The van der Waals surface area contributed by atoms with Gasteiger partial charge in [0, 0.05) is 0 Å². The first-order valence-corrected chi connectivity index (χ1v) is 8.76. The smallest absolute Gasteiger partial charge is 0.329 e. The number of rotatable bonds is 8. The van der Waals surface area contributed by atoms with Gasteiger partial charge in [-0.25, -0.2) is 4.79 Å². The van der Waals surface area contributed by atoms with Crippen LogP contribution in [0.25, 0.3) is 0 Å². The van der Waals surface area contributed by atoms with Crippen LogP contribution in [-0.2, 0) is 14.3 Å². The number of carbonyl (C=O) groups excluding carboxylic acids is 1. The van der Waals surface area contributed by atoms with E-state index in [-0.39, 0.29) is 5.97 Å². The van der Waals surface area contributed by atoms with Gasteiger partial charge in [0.05, 0.1) is 19.3 Å². The third-order valence-corrected chi connectivity index (χ3v) is 4.76. The predicted molar refractivity (Wildman–Crippen MR) is 83.2 cm³/mol. The van der Waals surface area contributed by atoms with E-state index in [4.69, 9.17) is 9.47 Å². The Morgan fingerprint density at radius 3 is 2.29 bits per heavy atom. The molecule has 4 nitrogen and oxygen atoms in total. The molecule has 0 radical (unpaired) electrons. The van der Waals surface area contributed by atoms with Crippen LogP contribution >= 0.6 is 0 Å². The average Bonchev–Trinajstić information content (AvgIpc) is 3.30. The number of esters is 1. The molecule has 21 heavy (non-hydrogen) atoms. The Morgan fingerprint density at radius 2 is 1.76 bits per heavy atom. The summed E-state index contributed by atoms with van der Waals surface area (Å²) in [5.41, 5.74) is -0.614. The molecule has 2 aliphatic carbocycles. The van der Waals surface area contributed by atoms with E-state index in [1.54, 1.807) is 0 Å². The van der Waals surface area contributed by atoms with Crippen LogP contribution in [0, 0.1) is 5.92 Å². The lowest BCUT2D eigenvalue weighted by molar-refractivity contribution is -0.157. The minimum Gasteiger partial charge on any atom is -0.465 e. The Hall–Kier alpha value is -0.610. The molecular weight excluding hydrogens is 266 g/mol. The highest BCUT2D eigenvalue weighted by Gasteiger charge is 2.52. The van der Waals surface area contributed by atoms with Crippen molar-refractivity contribution in [3.05, 3.63) is 0 Å². The number of likely N-dealkylation sites (N-methyl/N-ethyl adjacent to an activating group) is 1. The Kier molecular flexibility index (Phi) is 6.49. The normalized spacial score (nSPS) is 23.3. The summed E-state index contributed by atoms with van der Waals surface area (Å²) in [6.07, 6.45) is 9.92. The summed E-state index contributed by atoms with van der Waals surface area (Å²) in [7, 11) is 0. The van der Waals surface area contributed by atoms with Crippen molar-refractivity contribution in [3.8, 4) is 0 Å². The maximum atomic E-state index is 12.5. The van der Waals surface area contributed by atoms with Crippen molar-refractivity contribution in [2.24, 2.45) is 5.92 Å². The molecule has 0 aromatic rings. The quantitative estimate of drug-likeness (QED) is 0.552. The summed E-state index contributed by atoms with van der Waals surface area (Å²) in [6, 6.07) is 0. The molecule has 0 aromatic carbocycles. The highest BCUT2D eigenvalue weighted by molar-refractivity contribution is 5.82. The fraction of sp³-hybridized carbons (Fsp3) is 0.941. The van der Waals surface area contributed by atoms with Crippen molar-refractivity contribution in [2.45, 2.75) is 76.9 Å². The summed E-state index contributed by atoms with van der Waals surface area (Å²) in [6.45, 7) is 5.58. The van der Waals surface area contributed by atoms with E-state index >= 15 is 0 Å². The zero-order chi connectivity index (χ0) is 15.1. The second-order valence-electron chi connectivity index (χ2n) is 6.42. The van der Waals surface area contributed by atoms with Crippen LogP contribution in [0.3, 0.4) is 0 Å². The van der Waals surface area contributed by atoms with Crippen molar-refractivity contribution in [1.29, 1.82) is 0 Å². The standard InChI is InChI=1S/C17H31NO3/c1-3-18-17(14-11-12-14,16(19)20-4-2)13-21-15-9-7-5-6-8-10-15/h14-15,18H,3-13H2,1-2H3. The van der Waals surface area contributed by atoms with Gasteiger partial charge in [0.15, 0.2) is 0 Å². The van der Waals surface area contributed by atoms with E-state index < -0.39 is 5.54 Å². The molecule has 0 aromatic heterocycles. The zero-order valence-electron chi connectivity index (χ0n) is 13.7. The van der Waals surface area contributed by atoms with Gasteiger partial charge in [-0.2, -0.15) is 0 Å². The lowest BCUT2D eigenvalue weighted by Gasteiger charge is -2.33. The third-order valence-electron chi connectivity index (χ3n) is 4.76. The van der Waals surface area contributed by atoms with E-state index in [1.807, 2.05) is 13.8 Å². The number of ether oxygens (including phenoxy) is 2. The van der Waals surface area contributed by atoms with Gasteiger partial charge in [0.1, 0.15) is 5.54 Å². The summed E-state index contributed by atoms with van der Waals surface area (Å²) >= 11 is 0. The Labute approximate surface area is 129 Å². The van der Waals surface area contributed by atoms with E-state index in [9.17, 15) is 4.79 Å². The van der Waals surface area contributed by atoms with Crippen LogP contribution in [-0.4, -0.2) is 37.4 Å². The number of nitrogens with one attached hydrogen (secondary N) is 1. The fourth-order valence-electron chi connectivity index (χ4n) is 3.42. The van der Waals surface area contributed by atoms with Crippen molar-refractivity contribution in [2.75, 3.05) is 19.8 Å². The first-order valence-electron chi connectivity index (χ1n) is 8.76. The molecule has 1 unspecified atom stereocenters. The van der Waals surface area contributed by atoms with Gasteiger partial charge in [0.25, 0.3) is 0 Å². The molecule has 1 atom stereocenters. The Bertz CT molecular complexity index is 322. The Balaban J connectivity index is 1.98. The van der Waals surface area contributed by atoms with Gasteiger partial charge in [-0.1, -0.05) is 32.6 Å². The number of hydrogen-bond donors (Lipinski definition) is 1. The highest BCUT2D eigenvalue weighted by atomic mass is 16.5. The number of hydrogen-bond acceptors (Lipinski definition) is 4. The fourth-order valence-corrected chi connectivity index (χ4v) is 3.42. The maximum Gasteiger partial charge on any atom is 0.329 e. The van der Waals surface area contributed by atoms with E-state index in [1.165, 1.54) is 25.7 Å². The molecule has 0 saturated heterocycles. The van der Waals surface area contributed by atoms with Crippen LogP contribution in [0.1, 0.15) is 65.2 Å². The van der Waals surface area contributed by atoms with Crippen molar-refractivity contribution in [1.82, 2.24) is 5.32 Å². The molecule has 0 aliphatic heterocycles. The first-order chi connectivity index (χ1) is 10.2.